The van der Waals surface area contributed by atoms with Crippen LogP contribution in [0.2, 0.25) is 0 Å². The molecule has 0 aliphatic carbocycles. The fourth-order valence-electron chi connectivity index (χ4n) is 1.90. The topological polar surface area (TPSA) is 17.1 Å². The quantitative estimate of drug-likeness (QED) is 0.613. The Morgan fingerprint density at radius 1 is 1.00 bits per heavy atom. The number of hydrogen-bond donors (Lipinski definition) is 0. The third-order valence-corrected chi connectivity index (χ3v) is 7.87. The van der Waals surface area contributed by atoms with Crippen LogP contribution >= 0.6 is 7.14 Å². The van der Waals surface area contributed by atoms with Crippen molar-refractivity contribution in [3.63, 3.8) is 0 Å². The zero-order chi connectivity index (χ0) is 9.94. The SMILES string of the molecule is CCC(C)P(=O)(C(C)C)C(C)C. The lowest BCUT2D eigenvalue weighted by molar-refractivity contribution is 0.549. The minimum absolute atomic E-state index is 0.340. The molecule has 0 rings (SSSR count). The maximum absolute atomic E-state index is 12.5. The zero-order valence-corrected chi connectivity index (χ0v) is 10.2. The van der Waals surface area contributed by atoms with Crippen LogP contribution in [0.15, 0.2) is 0 Å². The van der Waals surface area contributed by atoms with Crippen LogP contribution in [0, 0.1) is 0 Å². The van der Waals surface area contributed by atoms with E-state index in [2.05, 4.69) is 41.5 Å². The van der Waals surface area contributed by atoms with Crippen LogP contribution in [0.1, 0.15) is 48.0 Å². The first-order chi connectivity index (χ1) is 5.37. The van der Waals surface area contributed by atoms with Crippen molar-refractivity contribution < 1.29 is 4.57 Å². The van der Waals surface area contributed by atoms with Crippen molar-refractivity contribution in [1.29, 1.82) is 0 Å². The summed E-state index contributed by atoms with van der Waals surface area (Å²) in [6.07, 6.45) is 1.04. The average Bonchev–Trinajstić information content (AvgIpc) is 2.00. The molecule has 0 aromatic rings. The lowest BCUT2D eigenvalue weighted by Crippen LogP contribution is -2.17. The standard InChI is InChI=1S/C10H23OP/c1-7-10(6)12(11,8(2)3)9(4)5/h8-10H,7H2,1-6H3. The van der Waals surface area contributed by atoms with Crippen molar-refractivity contribution in [2.45, 2.75) is 64.9 Å². The molecular formula is C10H23OP. The summed E-state index contributed by atoms with van der Waals surface area (Å²) in [5.74, 6) is 0. The Balaban J connectivity index is 4.75. The lowest BCUT2D eigenvalue weighted by atomic mass is 10.4. The van der Waals surface area contributed by atoms with Crippen LogP contribution in [-0.2, 0) is 4.57 Å². The lowest BCUT2D eigenvalue weighted by Gasteiger charge is -2.31. The summed E-state index contributed by atoms with van der Waals surface area (Å²) in [5.41, 5.74) is 1.07. The summed E-state index contributed by atoms with van der Waals surface area (Å²) < 4.78 is 12.5. The second-order valence-electron chi connectivity index (χ2n) is 4.21. The van der Waals surface area contributed by atoms with Crippen LogP contribution in [0.5, 0.6) is 0 Å². The first-order valence-corrected chi connectivity index (χ1v) is 6.87. The molecule has 0 aromatic carbocycles. The van der Waals surface area contributed by atoms with E-state index in [0.717, 1.165) is 6.42 Å². The molecule has 0 saturated carbocycles. The predicted octanol–water partition coefficient (Wildman–Crippen LogP) is 3.96. The summed E-state index contributed by atoms with van der Waals surface area (Å²) in [6, 6.07) is 0. The maximum Gasteiger partial charge on any atom is 0.0951 e. The van der Waals surface area contributed by atoms with Gasteiger partial charge in [0, 0.05) is 17.0 Å². The van der Waals surface area contributed by atoms with Gasteiger partial charge < -0.3 is 4.57 Å². The highest BCUT2D eigenvalue weighted by atomic mass is 31.2. The second kappa shape index (κ2) is 4.46. The summed E-state index contributed by atoms with van der Waals surface area (Å²) in [6.45, 7) is 12.6. The molecule has 0 saturated heterocycles. The van der Waals surface area contributed by atoms with Gasteiger partial charge in [-0.2, -0.15) is 0 Å². The van der Waals surface area contributed by atoms with E-state index in [1.54, 1.807) is 0 Å². The fourth-order valence-corrected chi connectivity index (χ4v) is 5.70. The molecule has 1 atom stereocenters. The number of rotatable bonds is 4. The molecule has 0 bridgehead atoms. The Morgan fingerprint density at radius 2 is 1.33 bits per heavy atom. The van der Waals surface area contributed by atoms with Crippen LogP contribution in [0.25, 0.3) is 0 Å². The molecule has 0 spiro atoms. The largest absolute Gasteiger partial charge is 0.323 e. The molecule has 2 heteroatoms. The molecule has 0 aliphatic rings. The van der Waals surface area contributed by atoms with Crippen LogP contribution in [-0.4, -0.2) is 17.0 Å². The molecule has 0 aromatic heterocycles. The maximum atomic E-state index is 12.5. The first kappa shape index (κ1) is 12.2. The molecule has 74 valence electrons. The molecule has 0 heterocycles. The summed E-state index contributed by atoms with van der Waals surface area (Å²) in [5, 5.41) is 0. The van der Waals surface area contributed by atoms with Gasteiger partial charge in [0.1, 0.15) is 0 Å². The monoisotopic (exact) mass is 190 g/mol. The third-order valence-electron chi connectivity index (χ3n) is 2.89. The molecular weight excluding hydrogens is 167 g/mol. The van der Waals surface area contributed by atoms with E-state index < -0.39 is 7.14 Å². The smallest absolute Gasteiger partial charge is 0.0951 e. The molecule has 0 radical (unpaired) electrons. The van der Waals surface area contributed by atoms with Gasteiger partial charge in [-0.15, -0.1) is 0 Å². The Hall–Kier alpha value is 0.230. The first-order valence-electron chi connectivity index (χ1n) is 4.96. The second-order valence-corrected chi connectivity index (χ2v) is 8.68. The highest BCUT2D eigenvalue weighted by Gasteiger charge is 2.34. The van der Waals surface area contributed by atoms with E-state index in [1.807, 2.05) is 0 Å². The molecule has 1 nitrogen and oxygen atoms in total. The molecule has 1 unspecified atom stereocenters. The Bertz CT molecular complexity index is 161. The van der Waals surface area contributed by atoms with Gasteiger partial charge in [-0.1, -0.05) is 41.5 Å². The van der Waals surface area contributed by atoms with Gasteiger partial charge in [-0.05, 0) is 6.42 Å². The van der Waals surface area contributed by atoms with Gasteiger partial charge >= 0.3 is 0 Å². The van der Waals surface area contributed by atoms with Crippen molar-refractivity contribution in [2.75, 3.05) is 0 Å². The van der Waals surface area contributed by atoms with Crippen LogP contribution in [0.4, 0.5) is 0 Å². The van der Waals surface area contributed by atoms with Crippen molar-refractivity contribution in [3.05, 3.63) is 0 Å². The zero-order valence-electron chi connectivity index (χ0n) is 9.29. The average molecular weight is 190 g/mol. The van der Waals surface area contributed by atoms with Crippen molar-refractivity contribution in [3.8, 4) is 0 Å². The third kappa shape index (κ3) is 2.13. The Kier molecular flexibility index (Phi) is 4.55. The van der Waals surface area contributed by atoms with E-state index in [0.29, 0.717) is 17.0 Å². The van der Waals surface area contributed by atoms with Gasteiger partial charge in [0.2, 0.25) is 0 Å². The summed E-state index contributed by atoms with van der Waals surface area (Å²) in [4.78, 5) is 0. The highest BCUT2D eigenvalue weighted by Crippen LogP contribution is 2.59. The normalized spacial score (nSPS) is 15.7. The Morgan fingerprint density at radius 3 is 1.42 bits per heavy atom. The van der Waals surface area contributed by atoms with Crippen molar-refractivity contribution in [2.24, 2.45) is 0 Å². The molecule has 0 fully saturated rings. The summed E-state index contributed by atoms with van der Waals surface area (Å²) in [7, 11) is -1.95. The van der Waals surface area contributed by atoms with Gasteiger partial charge in [0.15, 0.2) is 0 Å². The van der Waals surface area contributed by atoms with Crippen molar-refractivity contribution >= 4 is 7.14 Å². The van der Waals surface area contributed by atoms with E-state index in [9.17, 15) is 4.57 Å². The molecule has 0 N–H and O–H groups in total. The van der Waals surface area contributed by atoms with Crippen molar-refractivity contribution in [1.82, 2.24) is 0 Å². The van der Waals surface area contributed by atoms with Crippen LogP contribution < -0.4 is 0 Å². The van der Waals surface area contributed by atoms with E-state index >= 15 is 0 Å². The van der Waals surface area contributed by atoms with E-state index in [1.165, 1.54) is 0 Å². The number of hydrogen-bond acceptors (Lipinski definition) is 1. The predicted molar refractivity (Wildman–Crippen MR) is 57.6 cm³/mol. The van der Waals surface area contributed by atoms with Gasteiger partial charge in [0.05, 0.1) is 7.14 Å². The molecule has 0 amide bonds. The van der Waals surface area contributed by atoms with Gasteiger partial charge in [0.25, 0.3) is 0 Å². The van der Waals surface area contributed by atoms with Gasteiger partial charge in [-0.25, -0.2) is 0 Å². The summed E-state index contributed by atoms with van der Waals surface area (Å²) >= 11 is 0. The van der Waals surface area contributed by atoms with E-state index in [4.69, 9.17) is 0 Å². The minimum atomic E-state index is -1.95. The fraction of sp³-hybridized carbons (Fsp3) is 1.00. The molecule has 0 aliphatic heterocycles. The Labute approximate surface area is 77.3 Å². The molecule has 12 heavy (non-hydrogen) atoms. The van der Waals surface area contributed by atoms with Gasteiger partial charge in [-0.3, -0.25) is 0 Å². The van der Waals surface area contributed by atoms with E-state index in [-0.39, 0.29) is 0 Å². The minimum Gasteiger partial charge on any atom is -0.323 e. The highest BCUT2D eigenvalue weighted by molar-refractivity contribution is 7.65. The van der Waals surface area contributed by atoms with Crippen LogP contribution in [0.3, 0.4) is 0 Å².